The Kier molecular flexibility index (Phi) is 3.69. The Hall–Kier alpha value is -0.0600. The van der Waals surface area contributed by atoms with Gasteiger partial charge in [-0.05, 0) is 24.3 Å². The zero-order valence-corrected chi connectivity index (χ0v) is 11.2. The van der Waals surface area contributed by atoms with Crippen LogP contribution in [0.3, 0.4) is 0 Å². The average molecular weight is 309 g/mol. The monoisotopic (exact) mass is 307 g/mol. The molecule has 1 saturated carbocycles. The van der Waals surface area contributed by atoms with E-state index in [1.54, 1.807) is 6.07 Å². The van der Waals surface area contributed by atoms with Gasteiger partial charge in [-0.25, -0.2) is 0 Å². The molecule has 1 aromatic heterocycles. The molecule has 1 amide bonds. The number of carbonyl (C=O) groups excluding carboxylic acids is 1. The van der Waals surface area contributed by atoms with Crippen LogP contribution < -0.4 is 0 Å². The summed E-state index contributed by atoms with van der Waals surface area (Å²) >= 11 is 10.7. The van der Waals surface area contributed by atoms with Crippen molar-refractivity contribution in [2.45, 2.75) is 18.9 Å². The second-order valence-electron chi connectivity index (χ2n) is 3.52. The molecule has 0 unspecified atom stereocenters. The molecule has 0 aliphatic heterocycles. The van der Waals surface area contributed by atoms with E-state index in [0.717, 1.165) is 24.7 Å². The van der Waals surface area contributed by atoms with E-state index in [1.165, 1.54) is 11.3 Å². The highest BCUT2D eigenvalue weighted by Crippen LogP contribution is 2.31. The van der Waals surface area contributed by atoms with E-state index in [1.807, 2.05) is 10.3 Å². The molecule has 0 atom stereocenters. The van der Waals surface area contributed by atoms with Crippen LogP contribution in [0.4, 0.5) is 0 Å². The number of carbonyl (C=O) groups is 1. The van der Waals surface area contributed by atoms with E-state index in [-0.39, 0.29) is 5.91 Å². The van der Waals surface area contributed by atoms with Crippen molar-refractivity contribution < 1.29 is 4.79 Å². The standard InChI is InChI=1S/C10H11BrClNOS/c11-4-5-13(7-1-2-7)10(14)9-8(12)3-6-15-9/h3,6-7H,1-2,4-5H2. The Morgan fingerprint density at radius 1 is 1.67 bits per heavy atom. The second-order valence-corrected chi connectivity index (χ2v) is 5.63. The number of nitrogens with zero attached hydrogens (tertiary/aromatic N) is 1. The molecular formula is C10H11BrClNOS. The van der Waals surface area contributed by atoms with Crippen molar-refractivity contribution in [3.63, 3.8) is 0 Å². The number of amides is 1. The highest BCUT2D eigenvalue weighted by Gasteiger charge is 2.33. The van der Waals surface area contributed by atoms with Crippen molar-refractivity contribution in [3.05, 3.63) is 21.3 Å². The summed E-state index contributed by atoms with van der Waals surface area (Å²) in [6.45, 7) is 0.762. The number of rotatable bonds is 4. The summed E-state index contributed by atoms with van der Waals surface area (Å²) in [5.41, 5.74) is 0. The van der Waals surface area contributed by atoms with Crippen molar-refractivity contribution in [2.75, 3.05) is 11.9 Å². The van der Waals surface area contributed by atoms with Crippen LogP contribution in [0, 0.1) is 0 Å². The molecule has 1 aromatic rings. The Balaban J connectivity index is 2.14. The molecule has 1 heterocycles. The minimum atomic E-state index is 0.0805. The topological polar surface area (TPSA) is 20.3 Å². The first kappa shape index (κ1) is 11.4. The fourth-order valence-electron chi connectivity index (χ4n) is 1.50. The summed E-state index contributed by atoms with van der Waals surface area (Å²) in [5.74, 6) is 0.0805. The minimum absolute atomic E-state index is 0.0805. The SMILES string of the molecule is O=C(c1sccc1Cl)N(CCBr)C1CC1. The first-order valence-corrected chi connectivity index (χ1v) is 7.22. The zero-order valence-electron chi connectivity index (χ0n) is 8.08. The van der Waals surface area contributed by atoms with Gasteiger partial charge in [0.05, 0.1) is 5.02 Å². The molecule has 2 nitrogen and oxygen atoms in total. The van der Waals surface area contributed by atoms with Crippen molar-refractivity contribution in [2.24, 2.45) is 0 Å². The van der Waals surface area contributed by atoms with Crippen LogP contribution >= 0.6 is 38.9 Å². The van der Waals surface area contributed by atoms with Gasteiger partial charge in [-0.1, -0.05) is 27.5 Å². The molecular weight excluding hydrogens is 298 g/mol. The summed E-state index contributed by atoms with van der Waals surface area (Å²) < 4.78 is 0. The Labute approximate surface area is 106 Å². The van der Waals surface area contributed by atoms with Gasteiger partial charge < -0.3 is 4.90 Å². The molecule has 0 N–H and O–H groups in total. The lowest BCUT2D eigenvalue weighted by molar-refractivity contribution is 0.0760. The maximum atomic E-state index is 12.1. The smallest absolute Gasteiger partial charge is 0.265 e. The van der Waals surface area contributed by atoms with Crippen LogP contribution in [0.15, 0.2) is 11.4 Å². The van der Waals surface area contributed by atoms with Gasteiger partial charge in [0, 0.05) is 17.9 Å². The van der Waals surface area contributed by atoms with Crippen LogP contribution in [0.25, 0.3) is 0 Å². The molecule has 0 saturated heterocycles. The highest BCUT2D eigenvalue weighted by atomic mass is 79.9. The van der Waals surface area contributed by atoms with E-state index in [0.29, 0.717) is 15.9 Å². The van der Waals surface area contributed by atoms with Crippen molar-refractivity contribution in [1.82, 2.24) is 4.90 Å². The van der Waals surface area contributed by atoms with Crippen molar-refractivity contribution in [1.29, 1.82) is 0 Å². The first-order chi connectivity index (χ1) is 7.24. The zero-order chi connectivity index (χ0) is 10.8. The normalized spacial score (nSPS) is 15.3. The van der Waals surface area contributed by atoms with E-state index in [4.69, 9.17) is 11.6 Å². The number of hydrogen-bond acceptors (Lipinski definition) is 2. The molecule has 82 valence electrons. The summed E-state index contributed by atoms with van der Waals surface area (Å²) in [6.07, 6.45) is 2.25. The predicted octanol–water partition coefficient (Wildman–Crippen LogP) is 3.40. The van der Waals surface area contributed by atoms with E-state index >= 15 is 0 Å². The Morgan fingerprint density at radius 2 is 2.40 bits per heavy atom. The van der Waals surface area contributed by atoms with E-state index < -0.39 is 0 Å². The van der Waals surface area contributed by atoms with Crippen LogP contribution in [-0.2, 0) is 0 Å². The van der Waals surface area contributed by atoms with Gasteiger partial charge in [0.1, 0.15) is 4.88 Å². The predicted molar refractivity (Wildman–Crippen MR) is 67.2 cm³/mol. The first-order valence-electron chi connectivity index (χ1n) is 4.84. The van der Waals surface area contributed by atoms with E-state index in [2.05, 4.69) is 15.9 Å². The van der Waals surface area contributed by atoms with Crippen LogP contribution in [0.2, 0.25) is 5.02 Å². The molecule has 15 heavy (non-hydrogen) atoms. The number of thiophene rings is 1. The fourth-order valence-corrected chi connectivity index (χ4v) is 2.98. The third kappa shape index (κ3) is 2.55. The number of hydrogen-bond donors (Lipinski definition) is 0. The molecule has 1 fully saturated rings. The maximum absolute atomic E-state index is 12.1. The number of alkyl halides is 1. The lowest BCUT2D eigenvalue weighted by atomic mass is 10.3. The van der Waals surface area contributed by atoms with Gasteiger partial charge in [-0.15, -0.1) is 11.3 Å². The van der Waals surface area contributed by atoms with Gasteiger partial charge in [0.2, 0.25) is 0 Å². The van der Waals surface area contributed by atoms with Crippen molar-refractivity contribution in [3.8, 4) is 0 Å². The quantitative estimate of drug-likeness (QED) is 0.781. The van der Waals surface area contributed by atoms with Crippen LogP contribution in [0.1, 0.15) is 22.5 Å². The Morgan fingerprint density at radius 3 is 2.87 bits per heavy atom. The second kappa shape index (κ2) is 4.85. The molecule has 0 spiro atoms. The maximum Gasteiger partial charge on any atom is 0.265 e. The van der Waals surface area contributed by atoms with Crippen LogP contribution in [0.5, 0.6) is 0 Å². The summed E-state index contributed by atoms with van der Waals surface area (Å²) in [5, 5.41) is 3.25. The van der Waals surface area contributed by atoms with E-state index in [9.17, 15) is 4.79 Å². The largest absolute Gasteiger partial charge is 0.334 e. The molecule has 0 radical (unpaired) electrons. The average Bonchev–Trinajstić information content (AvgIpc) is 2.97. The highest BCUT2D eigenvalue weighted by molar-refractivity contribution is 9.09. The molecule has 1 aliphatic rings. The van der Waals surface area contributed by atoms with Gasteiger partial charge in [-0.3, -0.25) is 4.79 Å². The van der Waals surface area contributed by atoms with Gasteiger partial charge in [0.15, 0.2) is 0 Å². The van der Waals surface area contributed by atoms with Gasteiger partial charge >= 0.3 is 0 Å². The number of halogens is 2. The molecule has 1 aliphatic carbocycles. The van der Waals surface area contributed by atoms with Gasteiger partial charge in [0.25, 0.3) is 5.91 Å². The fraction of sp³-hybridized carbons (Fsp3) is 0.500. The molecule has 0 bridgehead atoms. The molecule has 5 heteroatoms. The van der Waals surface area contributed by atoms with Crippen molar-refractivity contribution >= 4 is 44.8 Å². The van der Waals surface area contributed by atoms with Crippen LogP contribution in [-0.4, -0.2) is 28.7 Å². The minimum Gasteiger partial charge on any atom is -0.334 e. The molecule has 2 rings (SSSR count). The summed E-state index contributed by atoms with van der Waals surface area (Å²) in [6, 6.07) is 2.21. The third-order valence-corrected chi connectivity index (χ3v) is 4.07. The summed E-state index contributed by atoms with van der Waals surface area (Å²) in [7, 11) is 0. The lowest BCUT2D eigenvalue weighted by Gasteiger charge is -2.20. The third-order valence-electron chi connectivity index (χ3n) is 2.39. The molecule has 0 aromatic carbocycles. The van der Waals surface area contributed by atoms with Gasteiger partial charge in [-0.2, -0.15) is 0 Å². The lowest BCUT2D eigenvalue weighted by Crippen LogP contribution is -2.34. The summed E-state index contributed by atoms with van der Waals surface area (Å²) in [4.78, 5) is 14.7. The Bertz CT molecular complexity index is 364.